The number of benzene rings is 1. The van der Waals surface area contributed by atoms with Crippen molar-refractivity contribution in [1.82, 2.24) is 9.72 Å². The van der Waals surface area contributed by atoms with Gasteiger partial charge in [-0.3, -0.25) is 9.59 Å². The van der Waals surface area contributed by atoms with Crippen LogP contribution in [0.25, 0.3) is 0 Å². The zero-order chi connectivity index (χ0) is 15.4. The van der Waals surface area contributed by atoms with Crippen LogP contribution < -0.4 is 10.9 Å². The molecule has 1 N–H and O–H groups in total. The van der Waals surface area contributed by atoms with E-state index in [1.165, 1.54) is 35.2 Å². The van der Waals surface area contributed by atoms with Gasteiger partial charge in [0.2, 0.25) is 0 Å². The van der Waals surface area contributed by atoms with Gasteiger partial charge in [-0.25, -0.2) is 0 Å². The van der Waals surface area contributed by atoms with Crippen LogP contribution in [-0.4, -0.2) is 15.6 Å². The topological polar surface area (TPSA) is 77.1 Å². The third-order valence-corrected chi connectivity index (χ3v) is 3.12. The molecule has 0 aliphatic heterocycles. The van der Waals surface area contributed by atoms with Gasteiger partial charge in [-0.1, -0.05) is 35.5 Å². The summed E-state index contributed by atoms with van der Waals surface area (Å²) < 4.78 is 6.15. The molecule has 0 aliphatic rings. The van der Waals surface area contributed by atoms with Crippen LogP contribution in [0.1, 0.15) is 15.9 Å². The minimum atomic E-state index is -0.351. The molecule has 22 heavy (non-hydrogen) atoms. The van der Waals surface area contributed by atoms with Gasteiger partial charge in [-0.2, -0.15) is 0 Å². The van der Waals surface area contributed by atoms with E-state index in [2.05, 4.69) is 15.0 Å². The summed E-state index contributed by atoms with van der Waals surface area (Å²) in [6.45, 7) is 0.407. The van der Waals surface area contributed by atoms with E-state index in [9.17, 15) is 9.59 Å². The number of nitrogens with zero attached hydrogens (tertiary/aromatic N) is 2. The van der Waals surface area contributed by atoms with Crippen molar-refractivity contribution in [3.05, 3.63) is 82.5 Å². The minimum Gasteiger partial charge on any atom is -0.363 e. The van der Waals surface area contributed by atoms with Gasteiger partial charge < -0.3 is 14.4 Å². The smallest absolute Gasteiger partial charge is 0.258 e. The van der Waals surface area contributed by atoms with E-state index in [4.69, 9.17) is 0 Å². The highest BCUT2D eigenvalue weighted by Crippen LogP contribution is 2.06. The SMILES string of the molecule is O=C(Nc1ccon1)c1ccc(=O)n(Cc2ccccc2)c1. The van der Waals surface area contributed by atoms with Gasteiger partial charge in [0.15, 0.2) is 5.82 Å². The van der Waals surface area contributed by atoms with Crippen molar-refractivity contribution in [3.8, 4) is 0 Å². The number of carbonyl (C=O) groups is 1. The Bertz CT molecular complexity index is 823. The summed E-state index contributed by atoms with van der Waals surface area (Å²) in [7, 11) is 0. The molecule has 3 aromatic rings. The number of hydrogen-bond acceptors (Lipinski definition) is 4. The highest BCUT2D eigenvalue weighted by atomic mass is 16.5. The molecule has 3 rings (SSSR count). The van der Waals surface area contributed by atoms with E-state index in [1.54, 1.807) is 0 Å². The predicted octanol–water partition coefficient (Wildman–Crippen LogP) is 2.14. The van der Waals surface area contributed by atoms with Gasteiger partial charge in [0.05, 0.1) is 12.1 Å². The molecule has 0 atom stereocenters. The van der Waals surface area contributed by atoms with Crippen molar-refractivity contribution >= 4 is 11.7 Å². The number of anilines is 1. The maximum Gasteiger partial charge on any atom is 0.258 e. The highest BCUT2D eigenvalue weighted by Gasteiger charge is 2.09. The molecule has 6 heteroatoms. The molecule has 0 saturated heterocycles. The van der Waals surface area contributed by atoms with E-state index in [0.29, 0.717) is 17.9 Å². The monoisotopic (exact) mass is 295 g/mol. The largest absolute Gasteiger partial charge is 0.363 e. The Morgan fingerprint density at radius 3 is 2.68 bits per heavy atom. The van der Waals surface area contributed by atoms with Crippen LogP contribution in [0.3, 0.4) is 0 Å². The molecule has 6 nitrogen and oxygen atoms in total. The van der Waals surface area contributed by atoms with E-state index in [0.717, 1.165) is 5.56 Å². The first-order chi connectivity index (χ1) is 10.7. The molecule has 110 valence electrons. The van der Waals surface area contributed by atoms with Crippen LogP contribution in [0, 0.1) is 0 Å². The molecule has 0 radical (unpaired) electrons. The molecular formula is C16H13N3O3. The van der Waals surface area contributed by atoms with Gasteiger partial charge in [0, 0.05) is 18.3 Å². The minimum absolute atomic E-state index is 0.165. The Morgan fingerprint density at radius 2 is 1.95 bits per heavy atom. The summed E-state index contributed by atoms with van der Waals surface area (Å²) in [6, 6.07) is 14.0. The number of nitrogens with one attached hydrogen (secondary N) is 1. The molecule has 1 aromatic carbocycles. The van der Waals surface area contributed by atoms with Gasteiger partial charge in [0.25, 0.3) is 11.5 Å². The molecule has 0 spiro atoms. The van der Waals surface area contributed by atoms with Gasteiger partial charge in [0.1, 0.15) is 6.26 Å². The second-order valence-corrected chi connectivity index (χ2v) is 4.71. The second kappa shape index (κ2) is 6.09. The fraction of sp³-hybridized carbons (Fsp3) is 0.0625. The molecule has 0 fully saturated rings. The standard InChI is InChI=1S/C16H13N3O3/c20-15-7-6-13(16(21)17-14-8-9-22-18-14)11-19(15)10-12-4-2-1-3-5-12/h1-9,11H,10H2,(H,17,18,21). The average molecular weight is 295 g/mol. The summed E-state index contributed by atoms with van der Waals surface area (Å²) >= 11 is 0. The third kappa shape index (κ3) is 3.12. The maximum absolute atomic E-state index is 12.1. The number of aromatic nitrogens is 2. The zero-order valence-corrected chi connectivity index (χ0v) is 11.6. The lowest BCUT2D eigenvalue weighted by molar-refractivity contribution is 0.102. The summed E-state index contributed by atoms with van der Waals surface area (Å²) in [5.74, 6) is -0.0264. The Morgan fingerprint density at radius 1 is 1.14 bits per heavy atom. The van der Waals surface area contributed by atoms with E-state index in [-0.39, 0.29) is 11.5 Å². The molecule has 0 saturated carbocycles. The highest BCUT2D eigenvalue weighted by molar-refractivity contribution is 6.03. The number of carbonyl (C=O) groups excluding carboxylic acids is 1. The molecular weight excluding hydrogens is 282 g/mol. The summed E-state index contributed by atoms with van der Waals surface area (Å²) in [5, 5.41) is 6.20. The average Bonchev–Trinajstić information content (AvgIpc) is 3.03. The molecule has 2 aromatic heterocycles. The van der Waals surface area contributed by atoms with Crippen LogP contribution in [0.5, 0.6) is 0 Å². The Hall–Kier alpha value is -3.15. The predicted molar refractivity (Wildman–Crippen MR) is 80.7 cm³/mol. The lowest BCUT2D eigenvalue weighted by Gasteiger charge is -2.08. The summed E-state index contributed by atoms with van der Waals surface area (Å²) in [5.41, 5.74) is 1.19. The number of pyridine rings is 1. The van der Waals surface area contributed by atoms with Gasteiger partial charge >= 0.3 is 0 Å². The third-order valence-electron chi connectivity index (χ3n) is 3.12. The van der Waals surface area contributed by atoms with Crippen molar-refractivity contribution in [2.24, 2.45) is 0 Å². The molecule has 2 heterocycles. The van der Waals surface area contributed by atoms with Gasteiger partial charge in [-0.05, 0) is 11.6 Å². The van der Waals surface area contributed by atoms with Crippen molar-refractivity contribution in [2.75, 3.05) is 5.32 Å². The van der Waals surface area contributed by atoms with E-state index >= 15 is 0 Å². The van der Waals surface area contributed by atoms with Crippen LogP contribution >= 0.6 is 0 Å². The molecule has 0 aliphatic carbocycles. The quantitative estimate of drug-likeness (QED) is 0.800. The molecule has 0 bridgehead atoms. The lowest BCUT2D eigenvalue weighted by atomic mass is 10.2. The summed E-state index contributed by atoms with van der Waals surface area (Å²) in [6.07, 6.45) is 2.90. The first-order valence-corrected chi connectivity index (χ1v) is 6.68. The number of rotatable bonds is 4. The second-order valence-electron chi connectivity index (χ2n) is 4.71. The zero-order valence-electron chi connectivity index (χ0n) is 11.6. The number of hydrogen-bond donors (Lipinski definition) is 1. The molecule has 1 amide bonds. The lowest BCUT2D eigenvalue weighted by Crippen LogP contribution is -2.22. The Labute approximate surface area is 126 Å². The van der Waals surface area contributed by atoms with Crippen LogP contribution in [0.2, 0.25) is 0 Å². The van der Waals surface area contributed by atoms with Crippen molar-refractivity contribution in [1.29, 1.82) is 0 Å². The first kappa shape index (κ1) is 13.8. The van der Waals surface area contributed by atoms with Crippen molar-refractivity contribution in [2.45, 2.75) is 6.54 Å². The number of amides is 1. The fourth-order valence-electron chi connectivity index (χ4n) is 2.03. The first-order valence-electron chi connectivity index (χ1n) is 6.68. The normalized spacial score (nSPS) is 10.4. The molecule has 0 unspecified atom stereocenters. The van der Waals surface area contributed by atoms with E-state index in [1.807, 2.05) is 30.3 Å². The van der Waals surface area contributed by atoms with Crippen LogP contribution in [-0.2, 0) is 6.54 Å². The van der Waals surface area contributed by atoms with Crippen LogP contribution in [0.15, 0.2) is 70.3 Å². The Balaban J connectivity index is 1.83. The fourth-order valence-corrected chi connectivity index (χ4v) is 2.03. The Kier molecular flexibility index (Phi) is 3.82. The van der Waals surface area contributed by atoms with Crippen molar-refractivity contribution in [3.63, 3.8) is 0 Å². The van der Waals surface area contributed by atoms with Crippen LogP contribution in [0.4, 0.5) is 5.82 Å². The maximum atomic E-state index is 12.1. The van der Waals surface area contributed by atoms with Gasteiger partial charge in [-0.15, -0.1) is 0 Å². The summed E-state index contributed by atoms with van der Waals surface area (Å²) in [4.78, 5) is 24.0. The van der Waals surface area contributed by atoms with E-state index < -0.39 is 0 Å². The van der Waals surface area contributed by atoms with Crippen molar-refractivity contribution < 1.29 is 9.32 Å².